The van der Waals surface area contributed by atoms with Gasteiger partial charge in [0.2, 0.25) is 0 Å². The Labute approximate surface area is 117 Å². The predicted octanol–water partition coefficient (Wildman–Crippen LogP) is 3.82. The van der Waals surface area contributed by atoms with Gasteiger partial charge in [0.1, 0.15) is 23.5 Å². The smallest absolute Gasteiger partial charge is 0.137 e. The Morgan fingerprint density at radius 3 is 2.58 bits per heavy atom. The second kappa shape index (κ2) is 5.67. The van der Waals surface area contributed by atoms with Gasteiger partial charge < -0.3 is 9.84 Å². The molecule has 0 aliphatic heterocycles. The number of methoxy groups -OCH3 is 1. The number of rotatable bonds is 3. The molecule has 0 spiro atoms. The maximum atomic E-state index is 13.5. The third-order valence-corrected chi connectivity index (χ3v) is 3.60. The fraction of sp³-hybridized carbons (Fsp3) is 0.143. The lowest BCUT2D eigenvalue weighted by atomic mass is 10.0. The number of benzene rings is 2. The van der Waals surface area contributed by atoms with Crippen molar-refractivity contribution in [3.8, 4) is 5.75 Å². The minimum atomic E-state index is -1.18. The number of hydrogen-bond donors (Lipinski definition) is 1. The highest BCUT2D eigenvalue weighted by atomic mass is 79.9. The normalized spacial score (nSPS) is 12.3. The van der Waals surface area contributed by atoms with Gasteiger partial charge in [0, 0.05) is 11.1 Å². The zero-order valence-corrected chi connectivity index (χ0v) is 11.6. The molecular weight excluding hydrogens is 318 g/mol. The van der Waals surface area contributed by atoms with Crippen molar-refractivity contribution in [1.29, 1.82) is 0 Å². The molecular formula is C14H11BrF2O2. The molecule has 0 amide bonds. The van der Waals surface area contributed by atoms with Crippen LogP contribution in [0.3, 0.4) is 0 Å². The van der Waals surface area contributed by atoms with Crippen LogP contribution in [0, 0.1) is 11.6 Å². The second-order valence-electron chi connectivity index (χ2n) is 3.93. The molecule has 2 aromatic carbocycles. The Hall–Kier alpha value is -1.46. The van der Waals surface area contributed by atoms with Crippen LogP contribution in [-0.2, 0) is 0 Å². The molecule has 0 aromatic heterocycles. The summed E-state index contributed by atoms with van der Waals surface area (Å²) < 4.78 is 32.0. The van der Waals surface area contributed by atoms with Crippen LogP contribution >= 0.6 is 15.9 Å². The quantitative estimate of drug-likeness (QED) is 0.928. The Morgan fingerprint density at radius 1 is 1.16 bits per heavy atom. The highest BCUT2D eigenvalue weighted by molar-refractivity contribution is 9.10. The predicted molar refractivity (Wildman–Crippen MR) is 71.1 cm³/mol. The lowest BCUT2D eigenvalue weighted by Gasteiger charge is -2.16. The van der Waals surface area contributed by atoms with Crippen molar-refractivity contribution in [2.24, 2.45) is 0 Å². The third kappa shape index (κ3) is 2.77. The number of aliphatic hydroxyl groups is 1. The Balaban J connectivity index is 2.52. The maximum absolute atomic E-state index is 13.5. The number of aliphatic hydroxyl groups excluding tert-OH is 1. The summed E-state index contributed by atoms with van der Waals surface area (Å²) in [5.41, 5.74) is 0.553. The third-order valence-electron chi connectivity index (χ3n) is 2.76. The molecule has 2 nitrogen and oxygen atoms in total. The molecule has 0 aliphatic carbocycles. The second-order valence-corrected chi connectivity index (χ2v) is 4.72. The summed E-state index contributed by atoms with van der Waals surface area (Å²) in [5, 5.41) is 10.3. The lowest BCUT2D eigenvalue weighted by molar-refractivity contribution is 0.212. The van der Waals surface area contributed by atoms with Crippen molar-refractivity contribution in [1.82, 2.24) is 0 Å². The fourth-order valence-electron chi connectivity index (χ4n) is 1.82. The van der Waals surface area contributed by atoms with Gasteiger partial charge in [0.25, 0.3) is 0 Å². The van der Waals surface area contributed by atoms with Crippen LogP contribution in [0.1, 0.15) is 17.2 Å². The zero-order valence-electron chi connectivity index (χ0n) is 10.0. The van der Waals surface area contributed by atoms with E-state index in [4.69, 9.17) is 4.74 Å². The van der Waals surface area contributed by atoms with Crippen LogP contribution in [0.4, 0.5) is 8.78 Å². The SMILES string of the molecule is COc1ccc(F)cc1C(O)c1cccc(F)c1Br. The first kappa shape index (κ1) is 14.0. The van der Waals surface area contributed by atoms with Gasteiger partial charge in [-0.3, -0.25) is 0 Å². The van der Waals surface area contributed by atoms with E-state index >= 15 is 0 Å². The van der Waals surface area contributed by atoms with Crippen LogP contribution in [0.2, 0.25) is 0 Å². The molecule has 2 aromatic rings. The van der Waals surface area contributed by atoms with E-state index in [0.717, 1.165) is 0 Å². The summed E-state index contributed by atoms with van der Waals surface area (Å²) in [5.74, 6) is -0.653. The summed E-state index contributed by atoms with van der Waals surface area (Å²) in [6, 6.07) is 8.12. The average molecular weight is 329 g/mol. The molecule has 2 rings (SSSR count). The van der Waals surface area contributed by atoms with Gasteiger partial charge in [0.15, 0.2) is 0 Å². The van der Waals surface area contributed by atoms with E-state index in [9.17, 15) is 13.9 Å². The molecule has 5 heteroatoms. The first-order valence-electron chi connectivity index (χ1n) is 5.50. The highest BCUT2D eigenvalue weighted by Crippen LogP contribution is 2.34. The number of halogens is 3. The first-order chi connectivity index (χ1) is 9.04. The molecule has 1 unspecified atom stereocenters. The van der Waals surface area contributed by atoms with Gasteiger partial charge in [-0.25, -0.2) is 8.78 Å². The highest BCUT2D eigenvalue weighted by Gasteiger charge is 2.20. The van der Waals surface area contributed by atoms with Crippen LogP contribution < -0.4 is 4.74 Å². The van der Waals surface area contributed by atoms with Gasteiger partial charge in [-0.05, 0) is 40.2 Å². The largest absolute Gasteiger partial charge is 0.496 e. The number of ether oxygens (including phenoxy) is 1. The van der Waals surface area contributed by atoms with Crippen molar-refractivity contribution in [2.75, 3.05) is 7.11 Å². The van der Waals surface area contributed by atoms with Crippen molar-refractivity contribution >= 4 is 15.9 Å². The lowest BCUT2D eigenvalue weighted by Crippen LogP contribution is -2.04. The van der Waals surface area contributed by atoms with Crippen LogP contribution in [-0.4, -0.2) is 12.2 Å². The van der Waals surface area contributed by atoms with Crippen molar-refractivity contribution in [3.05, 3.63) is 63.6 Å². The standard InChI is InChI=1S/C14H11BrF2O2/c1-19-12-6-5-8(16)7-10(12)14(18)9-3-2-4-11(17)13(9)15/h2-7,14,18H,1H3. The monoisotopic (exact) mass is 328 g/mol. The summed E-state index contributed by atoms with van der Waals surface area (Å²) >= 11 is 3.07. The summed E-state index contributed by atoms with van der Waals surface area (Å²) in [7, 11) is 1.42. The molecule has 1 atom stereocenters. The molecule has 100 valence electrons. The molecule has 0 bridgehead atoms. The van der Waals surface area contributed by atoms with E-state index in [1.54, 1.807) is 6.07 Å². The topological polar surface area (TPSA) is 29.5 Å². The molecule has 0 aliphatic rings. The average Bonchev–Trinajstić information content (AvgIpc) is 2.41. The first-order valence-corrected chi connectivity index (χ1v) is 6.29. The zero-order chi connectivity index (χ0) is 14.0. The minimum absolute atomic E-state index is 0.147. The van der Waals surface area contributed by atoms with Gasteiger partial charge in [-0.15, -0.1) is 0 Å². The summed E-state index contributed by atoms with van der Waals surface area (Å²) in [6.07, 6.45) is -1.18. The van der Waals surface area contributed by atoms with E-state index in [1.165, 1.54) is 37.4 Å². The van der Waals surface area contributed by atoms with Crippen LogP contribution in [0.5, 0.6) is 5.75 Å². The Kier molecular flexibility index (Phi) is 4.17. The van der Waals surface area contributed by atoms with Gasteiger partial charge in [-0.1, -0.05) is 12.1 Å². The molecule has 0 saturated carbocycles. The van der Waals surface area contributed by atoms with E-state index in [2.05, 4.69) is 15.9 Å². The van der Waals surface area contributed by atoms with E-state index in [1.807, 2.05) is 0 Å². The van der Waals surface area contributed by atoms with E-state index in [0.29, 0.717) is 11.3 Å². The Bertz CT molecular complexity index is 602. The van der Waals surface area contributed by atoms with Gasteiger partial charge in [0.05, 0.1) is 11.6 Å². The van der Waals surface area contributed by atoms with E-state index in [-0.39, 0.29) is 10.0 Å². The van der Waals surface area contributed by atoms with Crippen LogP contribution in [0.25, 0.3) is 0 Å². The minimum Gasteiger partial charge on any atom is -0.496 e. The van der Waals surface area contributed by atoms with Crippen LogP contribution in [0.15, 0.2) is 40.9 Å². The maximum Gasteiger partial charge on any atom is 0.137 e. The van der Waals surface area contributed by atoms with Crippen molar-refractivity contribution < 1.29 is 18.6 Å². The Morgan fingerprint density at radius 2 is 1.89 bits per heavy atom. The molecule has 0 fully saturated rings. The molecule has 19 heavy (non-hydrogen) atoms. The van der Waals surface area contributed by atoms with E-state index < -0.39 is 17.7 Å². The van der Waals surface area contributed by atoms with Crippen molar-refractivity contribution in [3.63, 3.8) is 0 Å². The molecule has 1 N–H and O–H groups in total. The summed E-state index contributed by atoms with van der Waals surface area (Å²) in [4.78, 5) is 0. The van der Waals surface area contributed by atoms with Gasteiger partial charge >= 0.3 is 0 Å². The van der Waals surface area contributed by atoms with Gasteiger partial charge in [-0.2, -0.15) is 0 Å². The molecule has 0 heterocycles. The molecule has 0 radical (unpaired) electrons. The fourth-order valence-corrected chi connectivity index (χ4v) is 2.30. The summed E-state index contributed by atoms with van der Waals surface area (Å²) in [6.45, 7) is 0. The van der Waals surface area contributed by atoms with Crippen molar-refractivity contribution in [2.45, 2.75) is 6.10 Å². The molecule has 0 saturated heterocycles. The number of hydrogen-bond acceptors (Lipinski definition) is 2.